The van der Waals surface area contributed by atoms with E-state index in [-0.39, 0.29) is 11.7 Å². The lowest BCUT2D eigenvalue weighted by Crippen LogP contribution is -2.36. The lowest BCUT2D eigenvalue weighted by atomic mass is 9.96. The van der Waals surface area contributed by atoms with Crippen LogP contribution in [0, 0.1) is 0 Å². The first-order valence-electron chi connectivity index (χ1n) is 9.94. The SMILES string of the molecule is O=c1cc(-c2ccc3c(c2)C(c2ccnc(N4CCC(O)CC4)c2)=NC3)cc[nH]1. The molecule has 0 atom stereocenters. The number of hydrogen-bond donors (Lipinski definition) is 2. The van der Waals surface area contributed by atoms with E-state index in [1.165, 1.54) is 5.56 Å². The number of aliphatic hydroxyl groups excluding tert-OH is 1. The highest BCUT2D eigenvalue weighted by molar-refractivity contribution is 6.15. The van der Waals surface area contributed by atoms with Crippen LogP contribution in [-0.4, -0.2) is 40.0 Å². The quantitative estimate of drug-likeness (QED) is 0.725. The van der Waals surface area contributed by atoms with E-state index in [1.807, 2.05) is 24.4 Å². The highest BCUT2D eigenvalue weighted by atomic mass is 16.3. The largest absolute Gasteiger partial charge is 0.393 e. The van der Waals surface area contributed by atoms with Gasteiger partial charge in [0.05, 0.1) is 18.4 Å². The molecular formula is C23H22N4O2. The Labute approximate surface area is 168 Å². The molecule has 4 heterocycles. The van der Waals surface area contributed by atoms with Gasteiger partial charge >= 0.3 is 0 Å². The van der Waals surface area contributed by atoms with E-state index in [1.54, 1.807) is 12.3 Å². The van der Waals surface area contributed by atoms with Crippen molar-refractivity contribution in [3.8, 4) is 11.1 Å². The molecule has 29 heavy (non-hydrogen) atoms. The summed E-state index contributed by atoms with van der Waals surface area (Å²) in [6.45, 7) is 2.29. The Kier molecular flexibility index (Phi) is 4.48. The normalized spacial score (nSPS) is 16.6. The molecule has 0 unspecified atom stereocenters. The molecule has 1 saturated heterocycles. The average Bonchev–Trinajstić information content (AvgIpc) is 3.18. The Morgan fingerprint density at radius 1 is 1.00 bits per heavy atom. The Hall–Kier alpha value is -3.25. The summed E-state index contributed by atoms with van der Waals surface area (Å²) in [6, 6.07) is 13.9. The van der Waals surface area contributed by atoms with Gasteiger partial charge in [0, 0.05) is 42.7 Å². The van der Waals surface area contributed by atoms with Gasteiger partial charge in [-0.1, -0.05) is 12.1 Å². The van der Waals surface area contributed by atoms with E-state index >= 15 is 0 Å². The second-order valence-electron chi connectivity index (χ2n) is 7.60. The summed E-state index contributed by atoms with van der Waals surface area (Å²) in [4.78, 5) is 25.9. The molecule has 0 radical (unpaired) electrons. The maximum atomic E-state index is 11.7. The van der Waals surface area contributed by atoms with Gasteiger partial charge in [0.25, 0.3) is 0 Å². The van der Waals surface area contributed by atoms with Crippen LogP contribution in [0.25, 0.3) is 11.1 Å². The molecule has 6 nitrogen and oxygen atoms in total. The number of nitrogens with one attached hydrogen (secondary N) is 1. The van der Waals surface area contributed by atoms with E-state index in [9.17, 15) is 9.90 Å². The number of piperidine rings is 1. The number of pyridine rings is 2. The third-order valence-electron chi connectivity index (χ3n) is 5.69. The number of fused-ring (bicyclic) bond motifs is 1. The van der Waals surface area contributed by atoms with Gasteiger partial charge in [-0.3, -0.25) is 9.79 Å². The molecule has 0 amide bonds. The molecular weight excluding hydrogens is 364 g/mol. The van der Waals surface area contributed by atoms with Gasteiger partial charge < -0.3 is 15.0 Å². The molecule has 2 N–H and O–H groups in total. The first-order valence-corrected chi connectivity index (χ1v) is 9.94. The molecule has 2 aliphatic heterocycles. The average molecular weight is 386 g/mol. The van der Waals surface area contributed by atoms with E-state index in [2.05, 4.69) is 33.1 Å². The van der Waals surface area contributed by atoms with Crippen LogP contribution in [0.2, 0.25) is 0 Å². The number of anilines is 1. The van der Waals surface area contributed by atoms with Gasteiger partial charge in [0.2, 0.25) is 5.56 Å². The van der Waals surface area contributed by atoms with Crippen LogP contribution in [0.4, 0.5) is 5.82 Å². The number of benzene rings is 1. The standard InChI is InChI=1S/C23H22N4O2/c28-19-5-9-27(10-6-19)21-12-17(4-7-24-21)23-20-11-15(1-2-18(20)14-26-23)16-3-8-25-22(29)13-16/h1-4,7-8,11-13,19,28H,5-6,9-10,14H2,(H,25,29). The Morgan fingerprint density at radius 2 is 1.83 bits per heavy atom. The molecule has 0 saturated carbocycles. The minimum absolute atomic E-state index is 0.109. The number of H-pyrrole nitrogens is 1. The highest BCUT2D eigenvalue weighted by Gasteiger charge is 2.21. The molecule has 2 aliphatic rings. The van der Waals surface area contributed by atoms with Crippen molar-refractivity contribution in [3.63, 3.8) is 0 Å². The van der Waals surface area contributed by atoms with Crippen molar-refractivity contribution in [3.05, 3.63) is 81.9 Å². The molecule has 1 aromatic carbocycles. The summed E-state index contributed by atoms with van der Waals surface area (Å²) >= 11 is 0. The molecule has 1 fully saturated rings. The van der Waals surface area contributed by atoms with Crippen molar-refractivity contribution in [2.45, 2.75) is 25.5 Å². The molecule has 5 rings (SSSR count). The van der Waals surface area contributed by atoms with E-state index < -0.39 is 0 Å². The fraction of sp³-hybridized carbons (Fsp3) is 0.261. The molecule has 146 valence electrons. The number of aliphatic hydroxyl groups is 1. The van der Waals surface area contributed by atoms with Gasteiger partial charge in [-0.2, -0.15) is 0 Å². The van der Waals surface area contributed by atoms with Crippen molar-refractivity contribution >= 4 is 11.5 Å². The van der Waals surface area contributed by atoms with Crippen LogP contribution in [0.15, 0.2) is 64.6 Å². The van der Waals surface area contributed by atoms with Crippen molar-refractivity contribution in [1.82, 2.24) is 9.97 Å². The van der Waals surface area contributed by atoms with Gasteiger partial charge in [0.15, 0.2) is 0 Å². The number of nitrogens with zero attached hydrogens (tertiary/aromatic N) is 3. The van der Waals surface area contributed by atoms with Crippen LogP contribution >= 0.6 is 0 Å². The van der Waals surface area contributed by atoms with E-state index in [4.69, 9.17) is 4.99 Å². The van der Waals surface area contributed by atoms with Gasteiger partial charge in [0.1, 0.15) is 5.82 Å². The Balaban J connectivity index is 1.48. The van der Waals surface area contributed by atoms with Crippen LogP contribution in [-0.2, 0) is 6.54 Å². The lowest BCUT2D eigenvalue weighted by molar-refractivity contribution is 0.145. The fourth-order valence-electron chi connectivity index (χ4n) is 4.07. The molecule has 6 heteroatoms. The third-order valence-corrected chi connectivity index (χ3v) is 5.69. The van der Waals surface area contributed by atoms with Crippen molar-refractivity contribution in [2.24, 2.45) is 4.99 Å². The minimum Gasteiger partial charge on any atom is -0.393 e. The van der Waals surface area contributed by atoms with Crippen molar-refractivity contribution in [1.29, 1.82) is 0 Å². The smallest absolute Gasteiger partial charge is 0.248 e. The fourth-order valence-corrected chi connectivity index (χ4v) is 4.07. The second-order valence-corrected chi connectivity index (χ2v) is 7.60. The molecule has 0 aliphatic carbocycles. The Bertz CT molecular complexity index is 1140. The first kappa shape index (κ1) is 17.8. The molecule has 0 spiro atoms. The van der Waals surface area contributed by atoms with Gasteiger partial charge in [-0.15, -0.1) is 0 Å². The van der Waals surface area contributed by atoms with Crippen LogP contribution in [0.3, 0.4) is 0 Å². The summed E-state index contributed by atoms with van der Waals surface area (Å²) < 4.78 is 0. The first-order chi connectivity index (χ1) is 14.2. The minimum atomic E-state index is -0.204. The number of hydrogen-bond acceptors (Lipinski definition) is 5. The van der Waals surface area contributed by atoms with Crippen molar-refractivity contribution < 1.29 is 5.11 Å². The van der Waals surface area contributed by atoms with Gasteiger partial charge in [-0.25, -0.2) is 4.98 Å². The third kappa shape index (κ3) is 3.47. The monoisotopic (exact) mass is 386 g/mol. The number of aromatic amines is 1. The predicted molar refractivity (Wildman–Crippen MR) is 114 cm³/mol. The summed E-state index contributed by atoms with van der Waals surface area (Å²) in [5, 5.41) is 9.76. The summed E-state index contributed by atoms with van der Waals surface area (Å²) in [5.74, 6) is 0.927. The number of rotatable bonds is 3. The number of aromatic nitrogens is 2. The van der Waals surface area contributed by atoms with E-state index in [0.29, 0.717) is 6.54 Å². The zero-order chi connectivity index (χ0) is 19.8. The maximum absolute atomic E-state index is 11.7. The zero-order valence-electron chi connectivity index (χ0n) is 16.0. The van der Waals surface area contributed by atoms with E-state index in [0.717, 1.165) is 59.7 Å². The topological polar surface area (TPSA) is 81.6 Å². The lowest BCUT2D eigenvalue weighted by Gasteiger charge is -2.30. The summed E-state index contributed by atoms with van der Waals surface area (Å²) in [6.07, 6.45) is 4.84. The summed E-state index contributed by atoms with van der Waals surface area (Å²) in [5.41, 5.74) is 6.09. The van der Waals surface area contributed by atoms with Gasteiger partial charge in [-0.05, 0) is 53.8 Å². The second kappa shape index (κ2) is 7.29. The highest BCUT2D eigenvalue weighted by Crippen LogP contribution is 2.29. The number of aliphatic imine (C=N–C) groups is 1. The van der Waals surface area contributed by atoms with Crippen LogP contribution in [0.1, 0.15) is 29.5 Å². The molecule has 2 aromatic heterocycles. The predicted octanol–water partition coefficient (Wildman–Crippen LogP) is 2.75. The van der Waals surface area contributed by atoms with Crippen LogP contribution < -0.4 is 10.5 Å². The summed E-state index contributed by atoms with van der Waals surface area (Å²) in [7, 11) is 0. The van der Waals surface area contributed by atoms with Crippen LogP contribution in [0.5, 0.6) is 0 Å². The zero-order valence-corrected chi connectivity index (χ0v) is 16.0. The maximum Gasteiger partial charge on any atom is 0.248 e. The molecule has 3 aromatic rings. The Morgan fingerprint density at radius 3 is 2.66 bits per heavy atom. The van der Waals surface area contributed by atoms with Crippen molar-refractivity contribution in [2.75, 3.05) is 18.0 Å². The molecule has 0 bridgehead atoms.